The van der Waals surface area contributed by atoms with Gasteiger partial charge in [0.15, 0.2) is 0 Å². The fraction of sp³-hybridized carbons (Fsp3) is 0.300. The number of pyridine rings is 1. The van der Waals surface area contributed by atoms with Gasteiger partial charge in [0.2, 0.25) is 0 Å². The largest absolute Gasteiger partial charge is 0.312 e. The van der Waals surface area contributed by atoms with Gasteiger partial charge in [-0.15, -0.1) is 0 Å². The summed E-state index contributed by atoms with van der Waals surface area (Å²) in [5.74, 6) is 0. The third kappa shape index (κ3) is 2.97. The smallest absolute Gasteiger partial charge is 0.0969 e. The van der Waals surface area contributed by atoms with E-state index < -0.39 is 0 Å². The van der Waals surface area contributed by atoms with Crippen LogP contribution in [0.25, 0.3) is 11.3 Å². The van der Waals surface area contributed by atoms with Crippen LogP contribution in [0, 0.1) is 0 Å². The molecule has 0 atom stereocenters. The van der Waals surface area contributed by atoms with Crippen molar-refractivity contribution in [2.75, 3.05) is 6.54 Å². The number of hydrogen-bond donors (Lipinski definition) is 1. The molecule has 122 valence electrons. The molecule has 3 aromatic rings. The molecule has 1 aliphatic rings. The van der Waals surface area contributed by atoms with Gasteiger partial charge < -0.3 is 5.32 Å². The van der Waals surface area contributed by atoms with E-state index in [-0.39, 0.29) is 0 Å². The Labute approximate surface area is 142 Å². The molecule has 4 nitrogen and oxygen atoms in total. The molecule has 2 aromatic heterocycles. The van der Waals surface area contributed by atoms with E-state index in [2.05, 4.69) is 51.9 Å². The topological polar surface area (TPSA) is 42.7 Å². The Morgan fingerprint density at radius 1 is 1.08 bits per heavy atom. The lowest BCUT2D eigenvalue weighted by Gasteiger charge is -2.16. The molecule has 0 aliphatic heterocycles. The van der Waals surface area contributed by atoms with Gasteiger partial charge in [-0.1, -0.05) is 30.3 Å². The minimum absolute atomic E-state index is 0.334. The molecule has 24 heavy (non-hydrogen) atoms. The molecule has 2 heterocycles. The van der Waals surface area contributed by atoms with Crippen LogP contribution in [0.15, 0.2) is 61.1 Å². The van der Waals surface area contributed by atoms with E-state index in [1.54, 1.807) is 0 Å². The molecule has 1 saturated carbocycles. The van der Waals surface area contributed by atoms with Crippen molar-refractivity contribution in [1.29, 1.82) is 0 Å². The fourth-order valence-corrected chi connectivity index (χ4v) is 3.37. The van der Waals surface area contributed by atoms with Gasteiger partial charge >= 0.3 is 0 Å². The minimum Gasteiger partial charge on any atom is -0.312 e. The summed E-state index contributed by atoms with van der Waals surface area (Å²) in [6.07, 6.45) is 8.28. The Bertz CT molecular complexity index is 804. The summed E-state index contributed by atoms with van der Waals surface area (Å²) in [7, 11) is 1.97. The predicted octanol–water partition coefficient (Wildman–Crippen LogP) is 3.30. The zero-order valence-electron chi connectivity index (χ0n) is 13.9. The maximum Gasteiger partial charge on any atom is 0.0969 e. The molecule has 1 N–H and O–H groups in total. The first-order chi connectivity index (χ1) is 11.8. The Morgan fingerprint density at radius 3 is 2.54 bits per heavy atom. The SMILES string of the molecule is Cn1cc(CNCC2(c3ccccc3)CC2)c(-c2ccncc2)n1. The second kappa shape index (κ2) is 6.21. The minimum atomic E-state index is 0.334. The number of nitrogens with one attached hydrogen (secondary N) is 1. The molecule has 0 amide bonds. The first kappa shape index (κ1) is 15.1. The Balaban J connectivity index is 1.46. The Morgan fingerprint density at radius 2 is 1.83 bits per heavy atom. The highest BCUT2D eigenvalue weighted by Gasteiger charge is 2.43. The van der Waals surface area contributed by atoms with E-state index in [0.717, 1.165) is 24.3 Å². The summed E-state index contributed by atoms with van der Waals surface area (Å²) in [6.45, 7) is 1.85. The van der Waals surface area contributed by atoms with Gasteiger partial charge in [0.05, 0.1) is 5.69 Å². The maximum atomic E-state index is 4.62. The molecule has 1 fully saturated rings. The number of aromatic nitrogens is 3. The summed E-state index contributed by atoms with van der Waals surface area (Å²) in [4.78, 5) is 4.09. The normalized spacial score (nSPS) is 15.4. The summed E-state index contributed by atoms with van der Waals surface area (Å²) >= 11 is 0. The molecule has 0 spiro atoms. The van der Waals surface area contributed by atoms with Crippen LogP contribution in [0.5, 0.6) is 0 Å². The average Bonchev–Trinajstić information content (AvgIpc) is 3.33. The molecule has 0 unspecified atom stereocenters. The number of benzene rings is 1. The highest BCUT2D eigenvalue weighted by molar-refractivity contribution is 5.61. The van der Waals surface area contributed by atoms with Crippen LogP contribution in [-0.4, -0.2) is 21.3 Å². The van der Waals surface area contributed by atoms with Crippen molar-refractivity contribution in [3.05, 3.63) is 72.2 Å². The van der Waals surface area contributed by atoms with E-state index in [1.165, 1.54) is 24.0 Å². The number of aryl methyl sites for hydroxylation is 1. The van der Waals surface area contributed by atoms with Crippen LogP contribution >= 0.6 is 0 Å². The molecule has 0 radical (unpaired) electrons. The van der Waals surface area contributed by atoms with Crippen LogP contribution < -0.4 is 5.32 Å². The first-order valence-electron chi connectivity index (χ1n) is 8.46. The van der Waals surface area contributed by atoms with E-state index in [9.17, 15) is 0 Å². The van der Waals surface area contributed by atoms with Gasteiger partial charge in [0.25, 0.3) is 0 Å². The first-order valence-corrected chi connectivity index (χ1v) is 8.46. The third-order valence-electron chi connectivity index (χ3n) is 4.88. The van der Waals surface area contributed by atoms with Gasteiger partial charge in [-0.05, 0) is 30.5 Å². The average molecular weight is 318 g/mol. The van der Waals surface area contributed by atoms with Crippen molar-refractivity contribution < 1.29 is 0 Å². The number of hydrogen-bond acceptors (Lipinski definition) is 3. The van der Waals surface area contributed by atoms with E-state index in [4.69, 9.17) is 0 Å². The molecule has 4 heteroatoms. The van der Waals surface area contributed by atoms with Crippen LogP contribution in [0.4, 0.5) is 0 Å². The van der Waals surface area contributed by atoms with Crippen LogP contribution in [0.2, 0.25) is 0 Å². The fourth-order valence-electron chi connectivity index (χ4n) is 3.37. The zero-order chi connectivity index (χ0) is 16.4. The molecule has 1 aliphatic carbocycles. The van der Waals surface area contributed by atoms with Crippen molar-refractivity contribution in [2.45, 2.75) is 24.8 Å². The van der Waals surface area contributed by atoms with Gasteiger partial charge in [-0.25, -0.2) is 0 Å². The summed E-state index contributed by atoms with van der Waals surface area (Å²) in [5.41, 5.74) is 5.18. The highest BCUT2D eigenvalue weighted by Crippen LogP contribution is 2.47. The molecular formula is C20H22N4. The van der Waals surface area contributed by atoms with Gasteiger partial charge in [-0.3, -0.25) is 9.67 Å². The molecule has 0 saturated heterocycles. The number of nitrogens with zero attached hydrogens (tertiary/aromatic N) is 3. The van der Waals surface area contributed by atoms with Crippen molar-refractivity contribution in [3.8, 4) is 11.3 Å². The predicted molar refractivity (Wildman–Crippen MR) is 95.5 cm³/mol. The van der Waals surface area contributed by atoms with E-state index in [0.29, 0.717) is 5.41 Å². The van der Waals surface area contributed by atoms with Crippen molar-refractivity contribution in [3.63, 3.8) is 0 Å². The van der Waals surface area contributed by atoms with Gasteiger partial charge in [0, 0.05) is 55.3 Å². The van der Waals surface area contributed by atoms with Gasteiger partial charge in [-0.2, -0.15) is 5.10 Å². The van der Waals surface area contributed by atoms with E-state index in [1.807, 2.05) is 36.3 Å². The van der Waals surface area contributed by atoms with Crippen molar-refractivity contribution in [2.24, 2.45) is 7.05 Å². The second-order valence-electron chi connectivity index (χ2n) is 6.66. The van der Waals surface area contributed by atoms with Crippen molar-refractivity contribution in [1.82, 2.24) is 20.1 Å². The molecule has 1 aromatic carbocycles. The molecule has 4 rings (SSSR count). The van der Waals surface area contributed by atoms with Crippen LogP contribution in [0.1, 0.15) is 24.0 Å². The van der Waals surface area contributed by atoms with Crippen LogP contribution in [-0.2, 0) is 19.0 Å². The maximum absolute atomic E-state index is 4.62. The summed E-state index contributed by atoms with van der Waals surface area (Å²) in [5, 5.41) is 8.28. The molecule has 0 bridgehead atoms. The Kier molecular flexibility index (Phi) is 3.90. The molecular weight excluding hydrogens is 296 g/mol. The monoisotopic (exact) mass is 318 g/mol. The summed E-state index contributed by atoms with van der Waals surface area (Å²) in [6, 6.07) is 14.9. The van der Waals surface area contributed by atoms with E-state index >= 15 is 0 Å². The highest BCUT2D eigenvalue weighted by atomic mass is 15.3. The third-order valence-corrected chi connectivity index (χ3v) is 4.88. The standard InChI is InChI=1S/C20H22N4/c1-24-14-17(19(23-24)16-7-11-21-12-8-16)13-22-15-20(9-10-20)18-5-3-2-4-6-18/h2-8,11-12,14,22H,9-10,13,15H2,1H3. The lowest BCUT2D eigenvalue weighted by Crippen LogP contribution is -2.26. The Hall–Kier alpha value is -2.46. The van der Waals surface area contributed by atoms with Crippen molar-refractivity contribution >= 4 is 0 Å². The lowest BCUT2D eigenvalue weighted by atomic mass is 9.96. The number of rotatable bonds is 6. The van der Waals surface area contributed by atoms with Gasteiger partial charge in [0.1, 0.15) is 0 Å². The van der Waals surface area contributed by atoms with Crippen LogP contribution in [0.3, 0.4) is 0 Å². The quantitative estimate of drug-likeness (QED) is 0.758. The zero-order valence-corrected chi connectivity index (χ0v) is 13.9. The second-order valence-corrected chi connectivity index (χ2v) is 6.66. The summed E-state index contributed by atoms with van der Waals surface area (Å²) < 4.78 is 1.89. The lowest BCUT2D eigenvalue weighted by molar-refractivity contribution is 0.574.